The Kier molecular flexibility index (Phi) is 4.41. The Morgan fingerprint density at radius 3 is 2.76 bits per heavy atom. The van der Waals surface area contributed by atoms with Gasteiger partial charge in [0.2, 0.25) is 5.91 Å². The Labute approximate surface area is 125 Å². The Bertz CT molecular complexity index is 498. The fraction of sp³-hybridized carbons (Fsp3) is 0.562. The molecule has 21 heavy (non-hydrogen) atoms. The molecule has 2 heterocycles. The molecule has 1 unspecified atom stereocenters. The van der Waals surface area contributed by atoms with Gasteiger partial charge in [-0.15, -0.1) is 0 Å². The van der Waals surface area contributed by atoms with Crippen LogP contribution in [-0.4, -0.2) is 66.8 Å². The van der Waals surface area contributed by atoms with Gasteiger partial charge < -0.3 is 14.7 Å². The summed E-state index contributed by atoms with van der Waals surface area (Å²) in [4.78, 5) is 15.6. The minimum Gasteiger partial charge on any atom is -0.493 e. The summed E-state index contributed by atoms with van der Waals surface area (Å²) in [6.45, 7) is 4.60. The quantitative estimate of drug-likeness (QED) is 0.890. The van der Waals surface area contributed by atoms with Gasteiger partial charge in [0.1, 0.15) is 12.4 Å². The zero-order valence-electron chi connectivity index (χ0n) is 12.2. The molecule has 0 spiro atoms. The van der Waals surface area contributed by atoms with E-state index in [9.17, 15) is 4.79 Å². The van der Waals surface area contributed by atoms with Gasteiger partial charge in [-0.2, -0.15) is 0 Å². The molecule has 1 saturated heterocycles. The lowest BCUT2D eigenvalue weighted by Crippen LogP contribution is -2.50. The highest BCUT2D eigenvalue weighted by Crippen LogP contribution is 2.33. The lowest BCUT2D eigenvalue weighted by Gasteiger charge is -2.37. The van der Waals surface area contributed by atoms with E-state index in [1.54, 1.807) is 4.90 Å². The molecule has 1 fully saturated rings. The summed E-state index contributed by atoms with van der Waals surface area (Å²) in [5, 5.41) is 8.90. The number of fused-ring (bicyclic) bond motifs is 1. The maximum Gasteiger partial charge on any atom is 0.248 e. The number of carbonyl (C=O) groups excluding carboxylic acids is 1. The molecule has 0 aliphatic carbocycles. The van der Waals surface area contributed by atoms with Crippen LogP contribution in [0.4, 0.5) is 0 Å². The van der Waals surface area contributed by atoms with Crippen molar-refractivity contribution < 1.29 is 14.6 Å². The molecule has 5 heteroatoms. The molecule has 0 bridgehead atoms. The SMILES string of the molecule is O=C(CO)N1CCN(CC2CCOc3ccccc32)CC1. The van der Waals surface area contributed by atoms with Gasteiger partial charge >= 0.3 is 0 Å². The van der Waals surface area contributed by atoms with E-state index >= 15 is 0 Å². The number of ether oxygens (including phenoxy) is 1. The molecule has 0 radical (unpaired) electrons. The van der Waals surface area contributed by atoms with Gasteiger partial charge in [-0.1, -0.05) is 18.2 Å². The van der Waals surface area contributed by atoms with E-state index in [0.717, 1.165) is 38.4 Å². The van der Waals surface area contributed by atoms with Crippen molar-refractivity contribution in [2.24, 2.45) is 0 Å². The number of hydrogen-bond acceptors (Lipinski definition) is 4. The molecule has 114 valence electrons. The molecular formula is C16H22N2O3. The number of piperazine rings is 1. The summed E-state index contributed by atoms with van der Waals surface area (Å²) in [6, 6.07) is 8.28. The van der Waals surface area contributed by atoms with Gasteiger partial charge in [0, 0.05) is 38.6 Å². The van der Waals surface area contributed by atoms with Crippen molar-refractivity contribution in [3.05, 3.63) is 29.8 Å². The number of benzene rings is 1. The Morgan fingerprint density at radius 1 is 1.24 bits per heavy atom. The third kappa shape index (κ3) is 3.19. The molecule has 2 aliphatic heterocycles. The van der Waals surface area contributed by atoms with Gasteiger partial charge in [0.15, 0.2) is 0 Å². The van der Waals surface area contributed by atoms with Gasteiger partial charge in [-0.25, -0.2) is 0 Å². The fourth-order valence-corrected chi connectivity index (χ4v) is 3.20. The standard InChI is InChI=1S/C16H22N2O3/c19-12-16(20)18-8-6-17(7-9-18)11-13-5-10-21-15-4-2-1-3-14(13)15/h1-4,13,19H,5-12H2. The van der Waals surface area contributed by atoms with Crippen LogP contribution >= 0.6 is 0 Å². The van der Waals surface area contributed by atoms with E-state index in [-0.39, 0.29) is 12.5 Å². The van der Waals surface area contributed by atoms with Crippen molar-refractivity contribution >= 4 is 5.91 Å². The third-order valence-corrected chi connectivity index (χ3v) is 4.42. The van der Waals surface area contributed by atoms with Crippen LogP contribution in [0, 0.1) is 0 Å². The van der Waals surface area contributed by atoms with E-state index in [1.807, 2.05) is 12.1 Å². The van der Waals surface area contributed by atoms with E-state index in [4.69, 9.17) is 9.84 Å². The van der Waals surface area contributed by atoms with Crippen LogP contribution < -0.4 is 4.74 Å². The summed E-state index contributed by atoms with van der Waals surface area (Å²) >= 11 is 0. The van der Waals surface area contributed by atoms with E-state index in [2.05, 4.69) is 17.0 Å². The van der Waals surface area contributed by atoms with Crippen LogP contribution in [0.25, 0.3) is 0 Å². The molecule has 0 aromatic heterocycles. The first kappa shape index (κ1) is 14.4. The number of aliphatic hydroxyl groups excluding tert-OH is 1. The first-order chi connectivity index (χ1) is 10.3. The Morgan fingerprint density at radius 2 is 2.00 bits per heavy atom. The second-order valence-electron chi connectivity index (χ2n) is 5.71. The van der Waals surface area contributed by atoms with Gasteiger partial charge in [0.25, 0.3) is 0 Å². The Hall–Kier alpha value is -1.59. The van der Waals surface area contributed by atoms with Crippen molar-refractivity contribution in [2.45, 2.75) is 12.3 Å². The topological polar surface area (TPSA) is 53.0 Å². The highest BCUT2D eigenvalue weighted by Gasteiger charge is 2.26. The highest BCUT2D eigenvalue weighted by molar-refractivity contribution is 5.77. The predicted octanol–water partition coefficient (Wildman–Crippen LogP) is 0.689. The minimum atomic E-state index is -0.382. The van der Waals surface area contributed by atoms with Gasteiger partial charge in [-0.3, -0.25) is 9.69 Å². The fourth-order valence-electron chi connectivity index (χ4n) is 3.20. The van der Waals surface area contributed by atoms with Crippen LogP contribution in [0.1, 0.15) is 17.9 Å². The zero-order valence-corrected chi connectivity index (χ0v) is 12.2. The third-order valence-electron chi connectivity index (χ3n) is 4.42. The van der Waals surface area contributed by atoms with Crippen molar-refractivity contribution in [1.82, 2.24) is 9.80 Å². The molecule has 3 rings (SSSR count). The summed E-state index contributed by atoms with van der Waals surface area (Å²) < 4.78 is 5.71. The second-order valence-corrected chi connectivity index (χ2v) is 5.71. The lowest BCUT2D eigenvalue weighted by molar-refractivity contribution is -0.135. The van der Waals surface area contributed by atoms with Crippen LogP contribution in [-0.2, 0) is 4.79 Å². The number of nitrogens with zero attached hydrogens (tertiary/aromatic N) is 2. The number of hydrogen-bond donors (Lipinski definition) is 1. The van der Waals surface area contributed by atoms with Crippen molar-refractivity contribution in [1.29, 1.82) is 0 Å². The molecule has 0 saturated carbocycles. The summed E-state index contributed by atoms with van der Waals surface area (Å²) in [5.74, 6) is 1.36. The summed E-state index contributed by atoms with van der Waals surface area (Å²) in [5.41, 5.74) is 1.30. The molecule has 1 N–H and O–H groups in total. The largest absolute Gasteiger partial charge is 0.493 e. The number of aliphatic hydroxyl groups is 1. The predicted molar refractivity (Wildman–Crippen MR) is 79.4 cm³/mol. The first-order valence-corrected chi connectivity index (χ1v) is 7.60. The molecule has 1 aromatic rings. The molecule has 2 aliphatic rings. The summed E-state index contributed by atoms with van der Waals surface area (Å²) in [6.07, 6.45) is 1.05. The number of rotatable bonds is 3. The number of carbonyl (C=O) groups is 1. The Balaban J connectivity index is 1.58. The van der Waals surface area contributed by atoms with E-state index in [0.29, 0.717) is 19.0 Å². The molecular weight excluding hydrogens is 268 g/mol. The van der Waals surface area contributed by atoms with Crippen LogP contribution in [0.3, 0.4) is 0 Å². The number of para-hydroxylation sites is 1. The smallest absolute Gasteiger partial charge is 0.248 e. The van der Waals surface area contributed by atoms with Gasteiger partial charge in [-0.05, 0) is 18.1 Å². The molecule has 1 aromatic carbocycles. The second kappa shape index (κ2) is 6.45. The minimum absolute atomic E-state index is 0.161. The monoisotopic (exact) mass is 290 g/mol. The van der Waals surface area contributed by atoms with Gasteiger partial charge in [0.05, 0.1) is 6.61 Å². The average molecular weight is 290 g/mol. The van der Waals surface area contributed by atoms with Crippen LogP contribution in [0.15, 0.2) is 24.3 Å². The molecule has 5 nitrogen and oxygen atoms in total. The van der Waals surface area contributed by atoms with E-state index < -0.39 is 0 Å². The highest BCUT2D eigenvalue weighted by atomic mass is 16.5. The summed E-state index contributed by atoms with van der Waals surface area (Å²) in [7, 11) is 0. The zero-order chi connectivity index (χ0) is 14.7. The maximum atomic E-state index is 11.5. The first-order valence-electron chi connectivity index (χ1n) is 7.60. The van der Waals surface area contributed by atoms with Crippen molar-refractivity contribution in [3.8, 4) is 5.75 Å². The maximum absolute atomic E-state index is 11.5. The van der Waals surface area contributed by atoms with Crippen LogP contribution in [0.2, 0.25) is 0 Å². The molecule has 1 amide bonds. The average Bonchev–Trinajstić information content (AvgIpc) is 2.55. The normalized spacial score (nSPS) is 22.5. The van der Waals surface area contributed by atoms with Crippen molar-refractivity contribution in [3.63, 3.8) is 0 Å². The molecule has 1 atom stereocenters. The lowest BCUT2D eigenvalue weighted by atomic mass is 9.92. The van der Waals surface area contributed by atoms with E-state index in [1.165, 1.54) is 5.56 Å². The number of amides is 1. The van der Waals surface area contributed by atoms with Crippen LogP contribution in [0.5, 0.6) is 5.75 Å². The van der Waals surface area contributed by atoms with Crippen molar-refractivity contribution in [2.75, 3.05) is 45.9 Å².